The number of carbonyl (C=O) groups excluding carboxylic acids is 2. The molecule has 1 fully saturated rings. The maximum Gasteiger partial charge on any atom is 0.237 e. The van der Waals surface area contributed by atoms with Crippen molar-refractivity contribution in [2.24, 2.45) is 5.92 Å². The van der Waals surface area contributed by atoms with Gasteiger partial charge in [-0.05, 0) is 49.4 Å². The summed E-state index contributed by atoms with van der Waals surface area (Å²) in [6, 6.07) is 21.7. The summed E-state index contributed by atoms with van der Waals surface area (Å²) in [5, 5.41) is 7.98. The van der Waals surface area contributed by atoms with E-state index < -0.39 is 0 Å². The van der Waals surface area contributed by atoms with Crippen molar-refractivity contribution >= 4 is 45.7 Å². The third-order valence-corrected chi connectivity index (χ3v) is 6.90. The van der Waals surface area contributed by atoms with E-state index >= 15 is 0 Å². The van der Waals surface area contributed by atoms with Crippen molar-refractivity contribution in [3.63, 3.8) is 0 Å². The van der Waals surface area contributed by atoms with Crippen molar-refractivity contribution in [1.29, 1.82) is 0 Å². The van der Waals surface area contributed by atoms with Gasteiger partial charge in [-0.1, -0.05) is 61.7 Å². The second-order valence-electron chi connectivity index (χ2n) is 8.13. The molecule has 1 aliphatic carbocycles. The zero-order valence-corrected chi connectivity index (χ0v) is 18.6. The second-order valence-corrected chi connectivity index (χ2v) is 9.54. The molecule has 3 aromatic rings. The highest BCUT2D eigenvalue weighted by Gasteiger charge is 2.21. The van der Waals surface area contributed by atoms with Gasteiger partial charge in [0.05, 0.1) is 5.25 Å². The van der Waals surface area contributed by atoms with Gasteiger partial charge in [0.1, 0.15) is 0 Å². The van der Waals surface area contributed by atoms with Gasteiger partial charge in [0, 0.05) is 27.6 Å². The van der Waals surface area contributed by atoms with Crippen molar-refractivity contribution in [2.75, 3.05) is 10.6 Å². The molecule has 160 valence electrons. The number of hydrogen-bond acceptors (Lipinski definition) is 3. The van der Waals surface area contributed by atoms with Crippen LogP contribution in [0.2, 0.25) is 0 Å². The third kappa shape index (κ3) is 5.47. The first kappa shape index (κ1) is 21.4. The summed E-state index contributed by atoms with van der Waals surface area (Å²) in [7, 11) is 0. The van der Waals surface area contributed by atoms with E-state index in [2.05, 4.69) is 10.6 Å². The Morgan fingerprint density at radius 3 is 2.48 bits per heavy atom. The molecule has 0 saturated heterocycles. The number of hydrogen-bond donors (Lipinski definition) is 2. The minimum absolute atomic E-state index is 0.0435. The highest BCUT2D eigenvalue weighted by Crippen LogP contribution is 2.29. The molecule has 0 aromatic heterocycles. The average molecular weight is 433 g/mol. The van der Waals surface area contributed by atoms with Crippen molar-refractivity contribution in [2.45, 2.75) is 49.2 Å². The summed E-state index contributed by atoms with van der Waals surface area (Å²) in [4.78, 5) is 26.3. The Kier molecular flexibility index (Phi) is 6.92. The van der Waals surface area contributed by atoms with Gasteiger partial charge in [0.25, 0.3) is 0 Å². The molecule has 0 spiro atoms. The van der Waals surface area contributed by atoms with Crippen LogP contribution in [0.5, 0.6) is 0 Å². The number of anilines is 2. The van der Waals surface area contributed by atoms with Crippen LogP contribution in [0.3, 0.4) is 0 Å². The molecule has 0 bridgehead atoms. The maximum absolute atomic E-state index is 12.8. The first-order valence-corrected chi connectivity index (χ1v) is 11.8. The monoisotopic (exact) mass is 432 g/mol. The van der Waals surface area contributed by atoms with Gasteiger partial charge in [-0.15, -0.1) is 11.8 Å². The molecule has 4 rings (SSSR count). The SMILES string of the molecule is CC(Sc1cccc(NC(=O)C2CCCCC2)c1)C(=O)Nc1cccc2ccccc12. The zero-order chi connectivity index (χ0) is 21.6. The fourth-order valence-electron chi connectivity index (χ4n) is 4.08. The standard InChI is InChI=1S/C26H28N2O2S/c1-18(25(29)28-24-16-7-12-19-9-5-6-15-23(19)24)31-22-14-8-13-21(17-22)27-26(30)20-10-3-2-4-11-20/h5-9,12-18,20H,2-4,10-11H2,1H3,(H,27,30)(H,28,29). The smallest absolute Gasteiger partial charge is 0.237 e. The second kappa shape index (κ2) is 10.0. The molecule has 2 amide bonds. The lowest BCUT2D eigenvalue weighted by Crippen LogP contribution is -2.24. The number of amides is 2. The number of rotatable bonds is 6. The molecule has 0 aliphatic heterocycles. The molecule has 0 radical (unpaired) electrons. The molecule has 3 aromatic carbocycles. The largest absolute Gasteiger partial charge is 0.326 e. The normalized spacial score (nSPS) is 15.4. The van der Waals surface area contributed by atoms with E-state index in [1.165, 1.54) is 18.2 Å². The lowest BCUT2D eigenvalue weighted by molar-refractivity contribution is -0.120. The first-order chi connectivity index (χ1) is 15.1. The molecule has 31 heavy (non-hydrogen) atoms. The number of fused-ring (bicyclic) bond motifs is 1. The van der Waals surface area contributed by atoms with E-state index in [0.29, 0.717) is 0 Å². The van der Waals surface area contributed by atoms with E-state index in [9.17, 15) is 9.59 Å². The fraction of sp³-hybridized carbons (Fsp3) is 0.308. The van der Waals surface area contributed by atoms with Gasteiger partial charge < -0.3 is 10.6 Å². The van der Waals surface area contributed by atoms with Crippen molar-refractivity contribution in [3.05, 3.63) is 66.7 Å². The molecular weight excluding hydrogens is 404 g/mol. The predicted molar refractivity (Wildman–Crippen MR) is 130 cm³/mol. The molecule has 2 N–H and O–H groups in total. The summed E-state index contributed by atoms with van der Waals surface area (Å²) in [5.41, 5.74) is 1.62. The molecule has 1 unspecified atom stereocenters. The fourth-order valence-corrected chi connectivity index (χ4v) is 5.01. The molecule has 1 saturated carbocycles. The van der Waals surface area contributed by atoms with Crippen molar-refractivity contribution in [1.82, 2.24) is 0 Å². The molecule has 1 atom stereocenters. The highest BCUT2D eigenvalue weighted by atomic mass is 32.2. The molecule has 0 heterocycles. The number of nitrogens with one attached hydrogen (secondary N) is 2. The zero-order valence-electron chi connectivity index (χ0n) is 17.8. The quantitative estimate of drug-likeness (QED) is 0.438. The lowest BCUT2D eigenvalue weighted by Gasteiger charge is -2.21. The van der Waals surface area contributed by atoms with Crippen molar-refractivity contribution in [3.8, 4) is 0 Å². The molecular formula is C26H28N2O2S. The van der Waals surface area contributed by atoms with Gasteiger partial charge in [-0.3, -0.25) is 9.59 Å². The maximum atomic E-state index is 12.8. The average Bonchev–Trinajstić information content (AvgIpc) is 2.80. The van der Waals surface area contributed by atoms with Crippen LogP contribution in [0.15, 0.2) is 71.6 Å². The van der Waals surface area contributed by atoms with E-state index in [-0.39, 0.29) is 23.0 Å². The molecule has 5 heteroatoms. The Labute approximate surface area is 187 Å². The van der Waals surface area contributed by atoms with Crippen LogP contribution in [0.4, 0.5) is 11.4 Å². The van der Waals surface area contributed by atoms with Crippen LogP contribution in [-0.4, -0.2) is 17.1 Å². The Bertz CT molecular complexity index is 1070. The summed E-state index contributed by atoms with van der Waals surface area (Å²) in [5.74, 6) is 0.192. The van der Waals surface area contributed by atoms with Crippen LogP contribution in [0, 0.1) is 5.92 Å². The minimum Gasteiger partial charge on any atom is -0.326 e. The van der Waals surface area contributed by atoms with E-state index in [0.717, 1.165) is 52.7 Å². The van der Waals surface area contributed by atoms with Gasteiger partial charge in [0.2, 0.25) is 11.8 Å². The van der Waals surface area contributed by atoms with Gasteiger partial charge in [-0.25, -0.2) is 0 Å². The van der Waals surface area contributed by atoms with Crippen LogP contribution in [0.1, 0.15) is 39.0 Å². The summed E-state index contributed by atoms with van der Waals surface area (Å²) < 4.78 is 0. The van der Waals surface area contributed by atoms with E-state index in [1.807, 2.05) is 73.7 Å². The Hall–Kier alpha value is -2.79. The van der Waals surface area contributed by atoms with Crippen LogP contribution in [-0.2, 0) is 9.59 Å². The third-order valence-electron chi connectivity index (χ3n) is 5.81. The Morgan fingerprint density at radius 1 is 0.903 bits per heavy atom. The predicted octanol–water partition coefficient (Wildman–Crippen LogP) is 6.48. The highest BCUT2D eigenvalue weighted by molar-refractivity contribution is 8.00. The molecule has 1 aliphatic rings. The number of thioether (sulfide) groups is 1. The van der Waals surface area contributed by atoms with Gasteiger partial charge in [-0.2, -0.15) is 0 Å². The number of carbonyl (C=O) groups is 2. The van der Waals surface area contributed by atoms with Crippen LogP contribution in [0.25, 0.3) is 10.8 Å². The van der Waals surface area contributed by atoms with Gasteiger partial charge in [0.15, 0.2) is 0 Å². The molecule has 4 nitrogen and oxygen atoms in total. The number of benzene rings is 3. The van der Waals surface area contributed by atoms with E-state index in [1.54, 1.807) is 0 Å². The Morgan fingerprint density at radius 2 is 1.65 bits per heavy atom. The van der Waals surface area contributed by atoms with Crippen LogP contribution < -0.4 is 10.6 Å². The summed E-state index contributed by atoms with van der Waals surface area (Å²) in [6.07, 6.45) is 5.46. The van der Waals surface area contributed by atoms with Crippen molar-refractivity contribution < 1.29 is 9.59 Å². The first-order valence-electron chi connectivity index (χ1n) is 11.0. The lowest BCUT2D eigenvalue weighted by atomic mass is 9.88. The Balaban J connectivity index is 1.38. The summed E-state index contributed by atoms with van der Waals surface area (Å²) in [6.45, 7) is 1.90. The minimum atomic E-state index is -0.275. The summed E-state index contributed by atoms with van der Waals surface area (Å²) >= 11 is 1.49. The van der Waals surface area contributed by atoms with Gasteiger partial charge >= 0.3 is 0 Å². The van der Waals surface area contributed by atoms with Crippen LogP contribution >= 0.6 is 11.8 Å². The van der Waals surface area contributed by atoms with E-state index in [4.69, 9.17) is 0 Å². The topological polar surface area (TPSA) is 58.2 Å².